The number of ether oxygens (including phenoxy) is 1. The number of benzene rings is 1. The molecule has 1 heterocycles. The van der Waals surface area contributed by atoms with Gasteiger partial charge in [-0.05, 0) is 18.2 Å². The molecule has 78 valence electrons. The van der Waals surface area contributed by atoms with Crippen molar-refractivity contribution in [1.82, 2.24) is 4.98 Å². The molecule has 0 radical (unpaired) electrons. The minimum atomic E-state index is -0.554. The van der Waals surface area contributed by atoms with E-state index in [1.54, 1.807) is 0 Å². The number of hydrogen-bond acceptors (Lipinski definition) is 2. The Labute approximate surface area is 89.8 Å². The van der Waals surface area contributed by atoms with Gasteiger partial charge in [0.05, 0.1) is 17.6 Å². The maximum Gasteiger partial charge on any atom is 0.354 e. The lowest BCUT2D eigenvalue weighted by atomic mass is 10.2. The Bertz CT molecular complexity index is 496. The zero-order chi connectivity index (χ0) is 11.0. The van der Waals surface area contributed by atoms with Crippen LogP contribution in [0.5, 0.6) is 0 Å². The van der Waals surface area contributed by atoms with Crippen LogP contribution >= 0.6 is 11.6 Å². The van der Waals surface area contributed by atoms with Crippen molar-refractivity contribution in [2.75, 3.05) is 7.11 Å². The Hall–Kier alpha value is -1.55. The normalized spacial score (nSPS) is 10.6. The van der Waals surface area contributed by atoms with Crippen LogP contribution in [0.3, 0.4) is 0 Å². The van der Waals surface area contributed by atoms with Gasteiger partial charge in [-0.25, -0.2) is 9.18 Å². The van der Waals surface area contributed by atoms with E-state index >= 15 is 0 Å². The molecule has 0 spiro atoms. The first kappa shape index (κ1) is 9.98. The summed E-state index contributed by atoms with van der Waals surface area (Å²) in [6, 6.07) is 4.14. The van der Waals surface area contributed by atoms with Crippen LogP contribution < -0.4 is 0 Å². The molecule has 5 heteroatoms. The molecule has 0 bridgehead atoms. The first-order valence-electron chi connectivity index (χ1n) is 4.18. The summed E-state index contributed by atoms with van der Waals surface area (Å²) in [6.45, 7) is 0. The number of H-pyrrole nitrogens is 1. The molecule has 0 aliphatic heterocycles. The second-order valence-corrected chi connectivity index (χ2v) is 3.40. The number of nitrogens with one attached hydrogen (secondary N) is 1. The fraction of sp³-hybridized carbons (Fsp3) is 0.100. The first-order chi connectivity index (χ1) is 7.13. The average Bonchev–Trinajstić information content (AvgIpc) is 2.68. The predicted octanol–water partition coefficient (Wildman–Crippen LogP) is 2.75. The van der Waals surface area contributed by atoms with Crippen molar-refractivity contribution in [1.29, 1.82) is 0 Å². The Balaban J connectivity index is 2.70. The summed E-state index contributed by atoms with van der Waals surface area (Å²) >= 11 is 5.85. The Morgan fingerprint density at radius 3 is 2.87 bits per heavy atom. The Morgan fingerprint density at radius 2 is 2.27 bits per heavy atom. The third kappa shape index (κ3) is 1.57. The highest BCUT2D eigenvalue weighted by atomic mass is 35.5. The Morgan fingerprint density at radius 1 is 1.53 bits per heavy atom. The van der Waals surface area contributed by atoms with Gasteiger partial charge in [-0.2, -0.15) is 0 Å². The van der Waals surface area contributed by atoms with Gasteiger partial charge in [0.1, 0.15) is 11.5 Å². The van der Waals surface area contributed by atoms with E-state index in [9.17, 15) is 9.18 Å². The summed E-state index contributed by atoms with van der Waals surface area (Å²) in [6.07, 6.45) is 0. The standard InChI is InChI=1S/C10H7ClFNO2/c1-15-10(14)8-4-5-6(11)2-3-7(12)9(5)13-8/h2-4,13H,1H3. The number of carbonyl (C=O) groups excluding carboxylic acids is 1. The average molecular weight is 228 g/mol. The minimum Gasteiger partial charge on any atom is -0.464 e. The molecule has 1 aromatic carbocycles. The van der Waals surface area contributed by atoms with Gasteiger partial charge >= 0.3 is 5.97 Å². The van der Waals surface area contributed by atoms with Gasteiger partial charge in [0.25, 0.3) is 0 Å². The number of carbonyl (C=O) groups is 1. The zero-order valence-electron chi connectivity index (χ0n) is 7.80. The van der Waals surface area contributed by atoms with Crippen molar-refractivity contribution < 1.29 is 13.9 Å². The quantitative estimate of drug-likeness (QED) is 0.762. The first-order valence-corrected chi connectivity index (χ1v) is 4.56. The number of esters is 1. The molecule has 3 nitrogen and oxygen atoms in total. The minimum absolute atomic E-state index is 0.180. The molecule has 0 atom stereocenters. The van der Waals surface area contributed by atoms with Crippen LogP contribution in [0.4, 0.5) is 4.39 Å². The van der Waals surface area contributed by atoms with E-state index in [4.69, 9.17) is 11.6 Å². The SMILES string of the molecule is COC(=O)c1cc2c(Cl)ccc(F)c2[nH]1. The fourth-order valence-electron chi connectivity index (χ4n) is 1.37. The van der Waals surface area contributed by atoms with Crippen LogP contribution in [-0.4, -0.2) is 18.1 Å². The lowest BCUT2D eigenvalue weighted by Gasteiger charge is -1.94. The molecule has 0 saturated carbocycles. The number of hydrogen-bond donors (Lipinski definition) is 1. The van der Waals surface area contributed by atoms with Crippen molar-refractivity contribution in [2.45, 2.75) is 0 Å². The predicted molar refractivity (Wildman–Crippen MR) is 54.6 cm³/mol. The monoisotopic (exact) mass is 227 g/mol. The van der Waals surface area contributed by atoms with E-state index < -0.39 is 11.8 Å². The van der Waals surface area contributed by atoms with Gasteiger partial charge in [0, 0.05) is 5.39 Å². The van der Waals surface area contributed by atoms with Gasteiger partial charge in [-0.15, -0.1) is 0 Å². The topological polar surface area (TPSA) is 42.1 Å². The summed E-state index contributed by atoms with van der Waals surface area (Å²) in [5.74, 6) is -1.01. The van der Waals surface area contributed by atoms with Crippen LogP contribution in [0, 0.1) is 5.82 Å². The van der Waals surface area contributed by atoms with Gasteiger partial charge in [-0.1, -0.05) is 11.6 Å². The van der Waals surface area contributed by atoms with E-state index in [-0.39, 0.29) is 11.2 Å². The van der Waals surface area contributed by atoms with Crippen LogP contribution in [-0.2, 0) is 4.74 Å². The smallest absolute Gasteiger partial charge is 0.354 e. The third-order valence-corrected chi connectivity index (χ3v) is 2.42. The van der Waals surface area contributed by atoms with Crippen molar-refractivity contribution in [3.8, 4) is 0 Å². The molecule has 1 aromatic heterocycles. The molecule has 0 unspecified atom stereocenters. The Kier molecular flexibility index (Phi) is 2.36. The maximum absolute atomic E-state index is 13.3. The van der Waals surface area contributed by atoms with Crippen LogP contribution in [0.1, 0.15) is 10.5 Å². The lowest BCUT2D eigenvalue weighted by Crippen LogP contribution is -2.00. The van der Waals surface area contributed by atoms with Crippen molar-refractivity contribution in [2.24, 2.45) is 0 Å². The van der Waals surface area contributed by atoms with E-state index in [0.717, 1.165) is 0 Å². The third-order valence-electron chi connectivity index (χ3n) is 2.10. The van der Waals surface area contributed by atoms with Crippen molar-refractivity contribution in [3.05, 3.63) is 34.7 Å². The number of aromatic amines is 1. The second kappa shape index (κ2) is 3.55. The molecule has 2 aromatic rings. The zero-order valence-corrected chi connectivity index (χ0v) is 8.56. The lowest BCUT2D eigenvalue weighted by molar-refractivity contribution is 0.0595. The van der Waals surface area contributed by atoms with E-state index in [0.29, 0.717) is 10.4 Å². The molecule has 0 aliphatic carbocycles. The summed E-state index contributed by atoms with van der Waals surface area (Å²) in [5.41, 5.74) is 0.391. The summed E-state index contributed by atoms with van der Waals surface area (Å²) in [7, 11) is 1.26. The number of methoxy groups -OCH3 is 1. The summed E-state index contributed by atoms with van der Waals surface area (Å²) in [4.78, 5) is 13.8. The van der Waals surface area contributed by atoms with E-state index in [2.05, 4.69) is 9.72 Å². The molecule has 0 amide bonds. The molecule has 2 rings (SSSR count). The number of rotatable bonds is 1. The molecular formula is C10H7ClFNO2. The van der Waals surface area contributed by atoms with Gasteiger partial charge < -0.3 is 9.72 Å². The van der Waals surface area contributed by atoms with Gasteiger partial charge in [-0.3, -0.25) is 0 Å². The molecular weight excluding hydrogens is 221 g/mol. The highest BCUT2D eigenvalue weighted by Gasteiger charge is 2.13. The van der Waals surface area contributed by atoms with E-state index in [1.165, 1.54) is 25.3 Å². The van der Waals surface area contributed by atoms with Crippen LogP contribution in [0.2, 0.25) is 5.02 Å². The van der Waals surface area contributed by atoms with Crippen LogP contribution in [0.25, 0.3) is 10.9 Å². The van der Waals surface area contributed by atoms with Gasteiger partial charge in [0.15, 0.2) is 0 Å². The number of halogens is 2. The highest BCUT2D eigenvalue weighted by Crippen LogP contribution is 2.26. The largest absolute Gasteiger partial charge is 0.464 e. The molecule has 0 aliphatic rings. The van der Waals surface area contributed by atoms with E-state index in [1.807, 2.05) is 0 Å². The summed E-state index contributed by atoms with van der Waals surface area (Å²) < 4.78 is 17.8. The summed E-state index contributed by atoms with van der Waals surface area (Å²) in [5, 5.41) is 0.856. The molecule has 0 saturated heterocycles. The molecule has 1 N–H and O–H groups in total. The molecule has 0 fully saturated rings. The van der Waals surface area contributed by atoms with Crippen molar-refractivity contribution in [3.63, 3.8) is 0 Å². The maximum atomic E-state index is 13.3. The van der Waals surface area contributed by atoms with Crippen molar-refractivity contribution >= 4 is 28.5 Å². The number of aromatic nitrogens is 1. The van der Waals surface area contributed by atoms with Gasteiger partial charge in [0.2, 0.25) is 0 Å². The second-order valence-electron chi connectivity index (χ2n) is 2.99. The van der Waals surface area contributed by atoms with Crippen LogP contribution in [0.15, 0.2) is 18.2 Å². The molecule has 15 heavy (non-hydrogen) atoms. The highest BCUT2D eigenvalue weighted by molar-refractivity contribution is 6.35. The number of fused-ring (bicyclic) bond motifs is 1. The fourth-order valence-corrected chi connectivity index (χ4v) is 1.58.